The van der Waals surface area contributed by atoms with E-state index in [1.807, 2.05) is 0 Å². The van der Waals surface area contributed by atoms with Crippen molar-refractivity contribution in [2.24, 2.45) is 17.6 Å². The lowest BCUT2D eigenvalue weighted by Gasteiger charge is -2.28. The van der Waals surface area contributed by atoms with Crippen LogP contribution in [0.2, 0.25) is 0 Å². The highest BCUT2D eigenvalue weighted by atomic mass is 14.6. The maximum Gasteiger partial charge on any atom is -0.000883 e. The van der Waals surface area contributed by atoms with Gasteiger partial charge in [0.05, 0.1) is 0 Å². The van der Waals surface area contributed by atoms with E-state index < -0.39 is 0 Å². The van der Waals surface area contributed by atoms with Crippen LogP contribution in [-0.2, 0) is 0 Å². The first kappa shape index (κ1) is 11.8. The maximum atomic E-state index is 5.91. The monoisotopic (exact) mass is 195 g/mol. The van der Waals surface area contributed by atoms with Gasteiger partial charge in [-0.2, -0.15) is 0 Å². The van der Waals surface area contributed by atoms with E-state index in [9.17, 15) is 0 Å². The van der Waals surface area contributed by atoms with Crippen LogP contribution >= 0.6 is 0 Å². The Morgan fingerprint density at radius 3 is 2.43 bits per heavy atom. The average Bonchev–Trinajstić information content (AvgIpc) is 2.27. The molecule has 82 valence electrons. The van der Waals surface area contributed by atoms with Crippen molar-refractivity contribution in [3.63, 3.8) is 0 Å². The van der Waals surface area contributed by atoms with Crippen LogP contribution in [-0.4, -0.2) is 6.54 Å². The molecule has 0 aliphatic heterocycles. The Morgan fingerprint density at radius 1 is 1.29 bits per heavy atom. The van der Waals surface area contributed by atoms with E-state index in [4.69, 9.17) is 5.73 Å². The minimum atomic E-state index is 0.672. The molecule has 0 spiro atoms. The highest BCUT2D eigenvalue weighted by Crippen LogP contribution is 2.31. The minimum Gasteiger partial charge on any atom is -0.330 e. The van der Waals surface area contributed by atoms with Crippen LogP contribution in [0.25, 0.3) is 0 Å². The van der Waals surface area contributed by atoms with Gasteiger partial charge in [0.15, 0.2) is 0 Å². The number of nitrogens with two attached hydrogens (primary N) is 1. The lowest BCUT2D eigenvalue weighted by Crippen LogP contribution is -2.25. The number of hydrogen-bond acceptors (Lipinski definition) is 1. The Labute approximate surface area is 88.8 Å². The molecule has 0 aromatic rings. The molecule has 0 saturated heterocycles. The summed E-state index contributed by atoms with van der Waals surface area (Å²) in [5.74, 6) is 1.48. The van der Waals surface area contributed by atoms with E-state index in [0.29, 0.717) is 5.92 Å². The van der Waals surface area contributed by atoms with E-state index in [0.717, 1.165) is 12.5 Å². The van der Waals surface area contributed by atoms with Crippen LogP contribution in [0.3, 0.4) is 0 Å². The molecule has 1 aliphatic carbocycles. The van der Waals surface area contributed by atoms with E-state index in [1.54, 1.807) is 5.57 Å². The Kier molecular flexibility index (Phi) is 5.24. The second-order valence-electron chi connectivity index (χ2n) is 4.44. The van der Waals surface area contributed by atoms with Crippen molar-refractivity contribution < 1.29 is 0 Å². The van der Waals surface area contributed by atoms with Gasteiger partial charge >= 0.3 is 0 Å². The molecule has 0 fully saturated rings. The predicted octanol–water partition coefficient (Wildman–Crippen LogP) is 3.50. The van der Waals surface area contributed by atoms with Crippen LogP contribution in [0.5, 0.6) is 0 Å². The molecule has 1 unspecified atom stereocenters. The standard InChI is InChI=1S/C13H25N/c1-3-11(4-2)13(10-14)12-8-6-5-7-9-12/h8,11,13H,3-7,9-10,14H2,1-2H3. The fourth-order valence-corrected chi connectivity index (χ4v) is 2.70. The highest BCUT2D eigenvalue weighted by molar-refractivity contribution is 5.11. The zero-order valence-electron chi connectivity index (χ0n) is 9.76. The normalized spacial score (nSPS) is 19.6. The van der Waals surface area contributed by atoms with Gasteiger partial charge in [-0.1, -0.05) is 38.3 Å². The summed E-state index contributed by atoms with van der Waals surface area (Å²) in [4.78, 5) is 0. The van der Waals surface area contributed by atoms with Crippen molar-refractivity contribution in [1.82, 2.24) is 0 Å². The lowest BCUT2D eigenvalue weighted by molar-refractivity contribution is 0.349. The fourth-order valence-electron chi connectivity index (χ4n) is 2.70. The second kappa shape index (κ2) is 6.23. The number of hydrogen-bond donors (Lipinski definition) is 1. The molecule has 1 atom stereocenters. The molecular weight excluding hydrogens is 170 g/mol. The third-order valence-corrected chi connectivity index (χ3v) is 3.67. The Morgan fingerprint density at radius 2 is 2.00 bits per heavy atom. The van der Waals surface area contributed by atoms with Crippen LogP contribution in [0.1, 0.15) is 52.4 Å². The molecule has 1 aliphatic rings. The van der Waals surface area contributed by atoms with Crippen molar-refractivity contribution in [2.45, 2.75) is 52.4 Å². The molecule has 0 amide bonds. The van der Waals surface area contributed by atoms with E-state index in [1.165, 1.54) is 38.5 Å². The van der Waals surface area contributed by atoms with Gasteiger partial charge in [0.25, 0.3) is 0 Å². The Balaban J connectivity index is 2.63. The average molecular weight is 195 g/mol. The van der Waals surface area contributed by atoms with Gasteiger partial charge in [-0.05, 0) is 44.1 Å². The summed E-state index contributed by atoms with van der Waals surface area (Å²) in [5.41, 5.74) is 7.57. The highest BCUT2D eigenvalue weighted by Gasteiger charge is 2.21. The van der Waals surface area contributed by atoms with Crippen molar-refractivity contribution in [3.05, 3.63) is 11.6 Å². The maximum absolute atomic E-state index is 5.91. The van der Waals surface area contributed by atoms with Gasteiger partial charge in [-0.3, -0.25) is 0 Å². The van der Waals surface area contributed by atoms with Crippen molar-refractivity contribution in [2.75, 3.05) is 6.54 Å². The van der Waals surface area contributed by atoms with E-state index in [2.05, 4.69) is 19.9 Å². The van der Waals surface area contributed by atoms with Gasteiger partial charge in [0, 0.05) is 0 Å². The van der Waals surface area contributed by atoms with Gasteiger partial charge < -0.3 is 5.73 Å². The summed E-state index contributed by atoms with van der Waals surface area (Å²) in [5, 5.41) is 0. The molecule has 1 heteroatoms. The molecule has 0 saturated carbocycles. The van der Waals surface area contributed by atoms with E-state index in [-0.39, 0.29) is 0 Å². The topological polar surface area (TPSA) is 26.0 Å². The summed E-state index contributed by atoms with van der Waals surface area (Å²) in [6, 6.07) is 0. The van der Waals surface area contributed by atoms with Crippen LogP contribution in [0.4, 0.5) is 0 Å². The molecule has 0 aromatic heterocycles. The predicted molar refractivity (Wildman–Crippen MR) is 63.2 cm³/mol. The van der Waals surface area contributed by atoms with Gasteiger partial charge in [-0.25, -0.2) is 0 Å². The largest absolute Gasteiger partial charge is 0.330 e. The van der Waals surface area contributed by atoms with Crippen LogP contribution in [0.15, 0.2) is 11.6 Å². The zero-order chi connectivity index (χ0) is 10.4. The molecule has 1 rings (SSSR count). The summed E-state index contributed by atoms with van der Waals surface area (Å²) < 4.78 is 0. The molecule has 0 heterocycles. The lowest BCUT2D eigenvalue weighted by atomic mass is 9.78. The van der Waals surface area contributed by atoms with Gasteiger partial charge in [0.2, 0.25) is 0 Å². The molecule has 0 aromatic carbocycles. The SMILES string of the molecule is CCC(CC)C(CN)C1=CCCCC1. The molecule has 0 radical (unpaired) electrons. The summed E-state index contributed by atoms with van der Waals surface area (Å²) in [7, 11) is 0. The van der Waals surface area contributed by atoms with Crippen LogP contribution in [0, 0.1) is 11.8 Å². The quantitative estimate of drug-likeness (QED) is 0.668. The summed E-state index contributed by atoms with van der Waals surface area (Å²) in [6.07, 6.45) is 10.3. The number of allylic oxidation sites excluding steroid dienone is 1. The number of rotatable bonds is 5. The van der Waals surface area contributed by atoms with Crippen LogP contribution < -0.4 is 5.73 Å². The smallest absolute Gasteiger partial charge is 0.000883 e. The molecular formula is C13H25N. The van der Waals surface area contributed by atoms with Gasteiger partial charge in [0.1, 0.15) is 0 Å². The first-order valence-corrected chi connectivity index (χ1v) is 6.22. The zero-order valence-corrected chi connectivity index (χ0v) is 9.76. The van der Waals surface area contributed by atoms with E-state index >= 15 is 0 Å². The third kappa shape index (κ3) is 2.84. The van der Waals surface area contributed by atoms with Gasteiger partial charge in [-0.15, -0.1) is 0 Å². The second-order valence-corrected chi connectivity index (χ2v) is 4.44. The Bertz CT molecular complexity index is 180. The van der Waals surface area contributed by atoms with Crippen molar-refractivity contribution >= 4 is 0 Å². The molecule has 2 N–H and O–H groups in total. The summed E-state index contributed by atoms with van der Waals surface area (Å²) in [6.45, 7) is 5.43. The third-order valence-electron chi connectivity index (χ3n) is 3.67. The fraction of sp³-hybridized carbons (Fsp3) is 0.846. The Hall–Kier alpha value is -0.300. The molecule has 0 bridgehead atoms. The first-order valence-electron chi connectivity index (χ1n) is 6.22. The van der Waals surface area contributed by atoms with Crippen molar-refractivity contribution in [1.29, 1.82) is 0 Å². The first-order chi connectivity index (χ1) is 6.83. The van der Waals surface area contributed by atoms with Crippen molar-refractivity contribution in [3.8, 4) is 0 Å². The minimum absolute atomic E-state index is 0.672. The molecule has 1 nitrogen and oxygen atoms in total. The molecule has 14 heavy (non-hydrogen) atoms. The summed E-state index contributed by atoms with van der Waals surface area (Å²) >= 11 is 0.